The summed E-state index contributed by atoms with van der Waals surface area (Å²) in [5.74, 6) is -25.8. The van der Waals surface area contributed by atoms with Gasteiger partial charge in [0.1, 0.15) is 11.4 Å². The number of aryl methyl sites for hydroxylation is 2. The van der Waals surface area contributed by atoms with Crippen molar-refractivity contribution in [3.63, 3.8) is 0 Å². The average Bonchev–Trinajstić information content (AvgIpc) is 3.45. The Morgan fingerprint density at radius 3 is 1.70 bits per heavy atom. The summed E-state index contributed by atoms with van der Waals surface area (Å²) in [7, 11) is 0. The van der Waals surface area contributed by atoms with Gasteiger partial charge in [0, 0.05) is 5.92 Å². The van der Waals surface area contributed by atoms with E-state index in [1.807, 2.05) is 0 Å². The number of alkyl halides is 8. The van der Waals surface area contributed by atoms with Crippen molar-refractivity contribution in [1.82, 2.24) is 0 Å². The van der Waals surface area contributed by atoms with Gasteiger partial charge in [-0.2, -0.15) is 26.3 Å². The third-order valence-electron chi connectivity index (χ3n) is 10.9. The van der Waals surface area contributed by atoms with Crippen LogP contribution in [0.25, 0.3) is 0 Å². The SMILES string of the molecule is Cc1cc(C2C3=CCC4C(=O)N(c5cc(C(F)(F)F)cc(C(F)(F)F)c5)C(=O)C4C3CC3(Cl)C(=O)N(c4c(F)c(F)c(F)c(F)c4F)C(=O)C23Cl)cc(C)c1O. The van der Waals surface area contributed by atoms with Crippen LogP contribution in [0.2, 0.25) is 0 Å². The maximum Gasteiger partial charge on any atom is 0.416 e. The van der Waals surface area contributed by atoms with Gasteiger partial charge in [0.2, 0.25) is 17.6 Å². The van der Waals surface area contributed by atoms with Crippen molar-refractivity contribution in [2.75, 3.05) is 9.80 Å². The number of amides is 4. The number of aromatic hydroxyl groups is 1. The highest BCUT2D eigenvalue weighted by Gasteiger charge is 2.77. The standard InChI is InChI=1S/C36H21Cl2F11N2O5/c1-11-5-13(6-12(2)28(11)52)21-17-3-4-18-20(30(54)50(29(18)53)16-8-14(35(44,45)46)7-15(9-16)36(47,48)49)19(17)10-33(37)31(55)51(32(56)34(21,33)38)27-25(42)23(40)22(39)24(41)26(27)43/h3,5-9,18-21,52H,4,10H2,1-2H3. The first kappa shape index (κ1) is 39.5. The molecule has 3 aromatic carbocycles. The number of allylic oxidation sites excluding steroid dienone is 2. The van der Waals surface area contributed by atoms with Gasteiger partial charge in [-0.3, -0.25) is 19.2 Å². The largest absolute Gasteiger partial charge is 0.507 e. The van der Waals surface area contributed by atoms with Gasteiger partial charge in [0.05, 0.1) is 28.7 Å². The molecule has 3 aromatic rings. The number of hydrogen-bond acceptors (Lipinski definition) is 5. The second-order valence-electron chi connectivity index (χ2n) is 14.0. The molecule has 1 N–H and O–H groups in total. The summed E-state index contributed by atoms with van der Waals surface area (Å²) in [6, 6.07) is 2.63. The van der Waals surface area contributed by atoms with Crippen molar-refractivity contribution in [3.8, 4) is 5.75 Å². The van der Waals surface area contributed by atoms with Gasteiger partial charge < -0.3 is 5.11 Å². The van der Waals surface area contributed by atoms with E-state index in [1.54, 1.807) is 0 Å². The number of carbonyl (C=O) groups excluding carboxylic acids is 4. The summed E-state index contributed by atoms with van der Waals surface area (Å²) in [4.78, 5) is 50.7. The van der Waals surface area contributed by atoms with Crippen molar-refractivity contribution in [2.45, 2.75) is 54.7 Å². The molecule has 296 valence electrons. The Morgan fingerprint density at radius 1 is 0.696 bits per heavy atom. The Morgan fingerprint density at radius 2 is 1.20 bits per heavy atom. The maximum atomic E-state index is 15.3. The molecule has 6 unspecified atom stereocenters. The molecular formula is C36H21Cl2F11N2O5. The molecule has 2 heterocycles. The average molecular weight is 841 g/mol. The van der Waals surface area contributed by atoms with Crippen LogP contribution in [0.1, 0.15) is 46.6 Å². The minimum atomic E-state index is -5.37. The molecule has 2 aliphatic carbocycles. The number of benzene rings is 3. The first-order valence-corrected chi connectivity index (χ1v) is 17.0. The highest BCUT2D eigenvalue weighted by Crippen LogP contribution is 2.66. The zero-order chi connectivity index (χ0) is 41.5. The summed E-state index contributed by atoms with van der Waals surface area (Å²) in [5.41, 5.74) is -6.61. The number of fused-ring (bicyclic) bond motifs is 4. The van der Waals surface area contributed by atoms with E-state index in [0.717, 1.165) is 0 Å². The topological polar surface area (TPSA) is 95.0 Å². The summed E-state index contributed by atoms with van der Waals surface area (Å²) < 4.78 is 156. The molecule has 56 heavy (non-hydrogen) atoms. The van der Waals surface area contributed by atoms with Crippen LogP contribution in [0, 0.1) is 60.7 Å². The maximum absolute atomic E-state index is 15.3. The van der Waals surface area contributed by atoms with E-state index in [9.17, 15) is 63.8 Å². The molecule has 20 heteroatoms. The number of carbonyl (C=O) groups is 4. The molecule has 2 aliphatic heterocycles. The monoisotopic (exact) mass is 840 g/mol. The highest BCUT2D eigenvalue weighted by atomic mass is 35.5. The first-order chi connectivity index (χ1) is 25.8. The fourth-order valence-corrected chi connectivity index (χ4v) is 9.35. The number of imide groups is 2. The van der Waals surface area contributed by atoms with Gasteiger partial charge in [0.15, 0.2) is 33.0 Å². The van der Waals surface area contributed by atoms with Gasteiger partial charge in [-0.25, -0.2) is 31.8 Å². The molecule has 2 saturated heterocycles. The number of phenolic OH excluding ortho intramolecular Hbond substituents is 1. The molecule has 0 aromatic heterocycles. The highest BCUT2D eigenvalue weighted by molar-refractivity contribution is 6.58. The Hall–Kier alpha value is -4.71. The Kier molecular flexibility index (Phi) is 8.75. The third-order valence-corrected chi connectivity index (χ3v) is 12.3. The van der Waals surface area contributed by atoms with Crippen LogP contribution in [-0.2, 0) is 31.5 Å². The van der Waals surface area contributed by atoms with Crippen LogP contribution < -0.4 is 9.80 Å². The van der Waals surface area contributed by atoms with E-state index in [0.29, 0.717) is 0 Å². The molecule has 0 bridgehead atoms. The minimum Gasteiger partial charge on any atom is -0.507 e. The van der Waals surface area contributed by atoms with Crippen LogP contribution in [0.5, 0.6) is 5.75 Å². The van der Waals surface area contributed by atoms with Crippen LogP contribution in [0.3, 0.4) is 0 Å². The summed E-state index contributed by atoms with van der Waals surface area (Å²) >= 11 is 14.1. The molecule has 0 spiro atoms. The van der Waals surface area contributed by atoms with Crippen molar-refractivity contribution >= 4 is 58.2 Å². The van der Waals surface area contributed by atoms with Crippen molar-refractivity contribution in [2.24, 2.45) is 17.8 Å². The number of halogens is 13. The van der Waals surface area contributed by atoms with E-state index >= 15 is 8.78 Å². The molecule has 0 radical (unpaired) electrons. The summed E-state index contributed by atoms with van der Waals surface area (Å²) in [5, 5.41) is 10.5. The molecule has 4 aliphatic rings. The van der Waals surface area contributed by atoms with Gasteiger partial charge in [-0.05, 0) is 67.5 Å². The number of anilines is 2. The number of nitrogens with zero attached hydrogens (tertiary/aromatic N) is 2. The third kappa shape index (κ3) is 5.23. The van der Waals surface area contributed by atoms with Crippen LogP contribution in [0.4, 0.5) is 59.7 Å². The lowest BCUT2D eigenvalue weighted by atomic mass is 9.56. The van der Waals surface area contributed by atoms with Crippen molar-refractivity contribution in [1.29, 1.82) is 0 Å². The Labute approximate surface area is 317 Å². The molecule has 3 fully saturated rings. The van der Waals surface area contributed by atoms with E-state index in [-0.39, 0.29) is 51.1 Å². The first-order valence-electron chi connectivity index (χ1n) is 16.2. The predicted molar refractivity (Wildman–Crippen MR) is 173 cm³/mol. The van der Waals surface area contributed by atoms with Gasteiger partial charge in [-0.1, -0.05) is 23.8 Å². The second kappa shape index (κ2) is 12.4. The predicted octanol–water partition coefficient (Wildman–Crippen LogP) is 8.51. The Bertz CT molecular complexity index is 2280. The van der Waals surface area contributed by atoms with Crippen LogP contribution in [-0.4, -0.2) is 38.5 Å². The fourth-order valence-electron chi connectivity index (χ4n) is 8.42. The van der Waals surface area contributed by atoms with E-state index in [2.05, 4.69) is 0 Å². The van der Waals surface area contributed by atoms with E-state index < -0.39 is 139 Å². The quantitative estimate of drug-likeness (QED) is 0.0714. The lowest BCUT2D eigenvalue weighted by Crippen LogP contribution is -2.60. The lowest BCUT2D eigenvalue weighted by molar-refractivity contribution is -0.143. The van der Waals surface area contributed by atoms with Crippen LogP contribution in [0.15, 0.2) is 42.0 Å². The normalized spacial score (nSPS) is 27.8. The molecular weight excluding hydrogens is 820 g/mol. The lowest BCUT2D eigenvalue weighted by Gasteiger charge is -2.50. The van der Waals surface area contributed by atoms with Gasteiger partial charge in [0.25, 0.3) is 11.8 Å². The van der Waals surface area contributed by atoms with E-state index in [1.165, 1.54) is 32.1 Å². The zero-order valence-electron chi connectivity index (χ0n) is 28.1. The molecule has 7 rings (SSSR count). The zero-order valence-corrected chi connectivity index (χ0v) is 29.6. The molecule has 4 amide bonds. The van der Waals surface area contributed by atoms with Crippen molar-refractivity contribution < 1.29 is 72.6 Å². The summed E-state index contributed by atoms with van der Waals surface area (Å²) in [6.07, 6.45) is -10.9. The summed E-state index contributed by atoms with van der Waals surface area (Å²) in [6.45, 7) is 2.80. The number of phenols is 1. The van der Waals surface area contributed by atoms with Gasteiger partial charge >= 0.3 is 12.4 Å². The fraction of sp³-hybridized carbons (Fsp3) is 0.333. The van der Waals surface area contributed by atoms with Gasteiger partial charge in [-0.15, -0.1) is 23.2 Å². The van der Waals surface area contributed by atoms with E-state index in [4.69, 9.17) is 23.2 Å². The smallest absolute Gasteiger partial charge is 0.416 e. The second-order valence-corrected chi connectivity index (χ2v) is 15.2. The molecule has 6 atom stereocenters. The molecule has 1 saturated carbocycles. The minimum absolute atomic E-state index is 0.0334. The molecule has 7 nitrogen and oxygen atoms in total. The van der Waals surface area contributed by atoms with Crippen LogP contribution >= 0.6 is 23.2 Å². The Balaban J connectivity index is 1.43. The number of rotatable bonds is 3. The van der Waals surface area contributed by atoms with Crippen molar-refractivity contribution in [3.05, 3.63) is 98.9 Å². The number of hydrogen-bond donors (Lipinski definition) is 1.